The minimum Gasteiger partial charge on any atom is -0.480 e. The van der Waals surface area contributed by atoms with E-state index in [-0.39, 0.29) is 6.42 Å². The number of aliphatic carboxylic acids is 1. The first kappa shape index (κ1) is 23.8. The van der Waals surface area contributed by atoms with Gasteiger partial charge in [-0.25, -0.2) is 4.79 Å². The monoisotopic (exact) mass is 401 g/mol. The Morgan fingerprint density at radius 2 is 1.82 bits per heavy atom. The maximum atomic E-state index is 12.3. The number of nitrogens with two attached hydrogens (primary N) is 1. The van der Waals surface area contributed by atoms with Crippen molar-refractivity contribution in [1.82, 2.24) is 21.3 Å². The second-order valence-electron chi connectivity index (χ2n) is 6.81. The number of unbranched alkanes of at least 4 members (excludes halogenated alkanes) is 1. The van der Waals surface area contributed by atoms with E-state index in [1.165, 1.54) is 6.92 Å². The molecule has 0 saturated carbocycles. The molecule has 1 aliphatic rings. The third-order valence-electron chi connectivity index (χ3n) is 4.51. The zero-order valence-electron chi connectivity index (χ0n) is 16.1. The molecule has 11 nitrogen and oxygen atoms in total. The molecule has 11 heteroatoms. The molecule has 4 unspecified atom stereocenters. The Morgan fingerprint density at radius 3 is 2.36 bits per heavy atom. The largest absolute Gasteiger partial charge is 0.480 e. The van der Waals surface area contributed by atoms with Crippen LogP contribution >= 0.6 is 0 Å². The van der Waals surface area contributed by atoms with E-state index in [2.05, 4.69) is 21.3 Å². The minimum atomic E-state index is -1.20. The van der Waals surface area contributed by atoms with Crippen LogP contribution in [0.15, 0.2) is 0 Å². The van der Waals surface area contributed by atoms with Crippen LogP contribution in [0.5, 0.6) is 0 Å². The highest BCUT2D eigenvalue weighted by molar-refractivity contribution is 5.94. The van der Waals surface area contributed by atoms with Crippen molar-refractivity contribution in [3.63, 3.8) is 0 Å². The molecular formula is C17H31N5O6. The van der Waals surface area contributed by atoms with Crippen LogP contribution < -0.4 is 27.0 Å². The molecule has 1 heterocycles. The number of carbonyl (C=O) groups is 4. The lowest BCUT2D eigenvalue weighted by Crippen LogP contribution is -2.57. The summed E-state index contributed by atoms with van der Waals surface area (Å²) < 4.78 is 0. The molecule has 4 atom stereocenters. The number of rotatable bonds is 12. The molecule has 0 aliphatic carbocycles. The third kappa shape index (κ3) is 7.79. The van der Waals surface area contributed by atoms with Gasteiger partial charge in [0.1, 0.15) is 18.1 Å². The number of aliphatic hydroxyl groups excluding tert-OH is 1. The Morgan fingerprint density at radius 1 is 1.11 bits per heavy atom. The molecule has 1 rings (SSSR count). The topological polar surface area (TPSA) is 183 Å². The van der Waals surface area contributed by atoms with Crippen molar-refractivity contribution in [2.45, 2.75) is 63.2 Å². The van der Waals surface area contributed by atoms with Crippen LogP contribution in [-0.2, 0) is 19.2 Å². The fourth-order valence-electron chi connectivity index (χ4n) is 2.80. The van der Waals surface area contributed by atoms with E-state index in [4.69, 9.17) is 5.73 Å². The number of nitrogens with one attached hydrogen (secondary N) is 4. The Labute approximate surface area is 163 Å². The van der Waals surface area contributed by atoms with Gasteiger partial charge < -0.3 is 37.2 Å². The maximum Gasteiger partial charge on any atom is 0.326 e. The van der Waals surface area contributed by atoms with E-state index in [0.29, 0.717) is 32.4 Å². The van der Waals surface area contributed by atoms with E-state index < -0.39 is 54.5 Å². The number of hydrogen-bond donors (Lipinski definition) is 7. The molecule has 0 aromatic heterocycles. The second-order valence-corrected chi connectivity index (χ2v) is 6.81. The van der Waals surface area contributed by atoms with Crippen LogP contribution in [0, 0.1) is 0 Å². The lowest BCUT2D eigenvalue weighted by Gasteiger charge is -2.22. The van der Waals surface area contributed by atoms with Crippen molar-refractivity contribution in [1.29, 1.82) is 0 Å². The molecule has 1 saturated heterocycles. The fraction of sp³-hybridized carbons (Fsp3) is 0.765. The molecule has 1 aliphatic heterocycles. The van der Waals surface area contributed by atoms with Crippen LogP contribution in [0.25, 0.3) is 0 Å². The molecule has 160 valence electrons. The summed E-state index contributed by atoms with van der Waals surface area (Å²) in [5, 5.41) is 28.8. The van der Waals surface area contributed by atoms with Crippen LogP contribution in [0.4, 0.5) is 0 Å². The number of carboxylic acid groups (broad SMARTS) is 1. The van der Waals surface area contributed by atoms with Gasteiger partial charge in [-0.3, -0.25) is 14.4 Å². The predicted molar refractivity (Wildman–Crippen MR) is 100 cm³/mol. The van der Waals surface area contributed by atoms with Gasteiger partial charge in [0.05, 0.1) is 12.6 Å². The highest BCUT2D eigenvalue weighted by Gasteiger charge is 2.29. The van der Waals surface area contributed by atoms with Gasteiger partial charge in [-0.05, 0) is 52.1 Å². The van der Waals surface area contributed by atoms with Crippen molar-refractivity contribution >= 4 is 23.7 Å². The highest BCUT2D eigenvalue weighted by Crippen LogP contribution is 2.05. The van der Waals surface area contributed by atoms with Crippen molar-refractivity contribution in [3.05, 3.63) is 0 Å². The molecular weight excluding hydrogens is 370 g/mol. The van der Waals surface area contributed by atoms with Gasteiger partial charge in [0.15, 0.2) is 0 Å². The smallest absolute Gasteiger partial charge is 0.326 e. The Hall–Kier alpha value is -2.24. The van der Waals surface area contributed by atoms with Crippen LogP contribution in [0.3, 0.4) is 0 Å². The SMILES string of the molecule is CC(NC(=O)C(CO)NC(=O)C1CCCN1)C(=O)NC(CCCCN)C(=O)O. The Kier molecular flexibility index (Phi) is 10.4. The zero-order valence-corrected chi connectivity index (χ0v) is 16.1. The first-order valence-electron chi connectivity index (χ1n) is 9.48. The molecule has 28 heavy (non-hydrogen) atoms. The third-order valence-corrected chi connectivity index (χ3v) is 4.51. The summed E-state index contributed by atoms with van der Waals surface area (Å²) in [6.45, 7) is 1.90. The van der Waals surface area contributed by atoms with Gasteiger partial charge >= 0.3 is 5.97 Å². The van der Waals surface area contributed by atoms with Gasteiger partial charge in [-0.2, -0.15) is 0 Å². The van der Waals surface area contributed by atoms with Gasteiger partial charge in [-0.15, -0.1) is 0 Å². The first-order chi connectivity index (χ1) is 13.3. The van der Waals surface area contributed by atoms with E-state index >= 15 is 0 Å². The lowest BCUT2D eigenvalue weighted by atomic mass is 10.1. The summed E-state index contributed by atoms with van der Waals surface area (Å²) in [6.07, 6.45) is 2.90. The van der Waals surface area contributed by atoms with Gasteiger partial charge in [0.2, 0.25) is 17.7 Å². The van der Waals surface area contributed by atoms with Crippen LogP contribution in [0.2, 0.25) is 0 Å². The molecule has 0 aromatic carbocycles. The summed E-state index contributed by atoms with van der Waals surface area (Å²) in [5.74, 6) is -2.97. The summed E-state index contributed by atoms with van der Waals surface area (Å²) in [5.41, 5.74) is 5.37. The zero-order chi connectivity index (χ0) is 21.1. The van der Waals surface area contributed by atoms with Crippen molar-refractivity contribution in [2.75, 3.05) is 19.7 Å². The number of aliphatic hydroxyl groups is 1. The lowest BCUT2D eigenvalue weighted by molar-refractivity contribution is -0.142. The predicted octanol–water partition coefficient (Wildman–Crippen LogP) is -2.58. The van der Waals surface area contributed by atoms with Crippen LogP contribution in [-0.4, -0.2) is 77.8 Å². The van der Waals surface area contributed by atoms with Crippen molar-refractivity contribution < 1.29 is 29.4 Å². The maximum absolute atomic E-state index is 12.3. The molecule has 0 bridgehead atoms. The van der Waals surface area contributed by atoms with Crippen molar-refractivity contribution in [2.24, 2.45) is 5.73 Å². The van der Waals surface area contributed by atoms with E-state index in [1.807, 2.05) is 0 Å². The number of carboxylic acids is 1. The van der Waals surface area contributed by atoms with Crippen LogP contribution in [0.1, 0.15) is 39.0 Å². The normalized spacial score (nSPS) is 19.3. The quantitative estimate of drug-likeness (QED) is 0.174. The molecule has 3 amide bonds. The Balaban J connectivity index is 2.53. The average Bonchev–Trinajstić information content (AvgIpc) is 3.19. The van der Waals surface area contributed by atoms with Gasteiger partial charge in [-0.1, -0.05) is 0 Å². The fourth-order valence-corrected chi connectivity index (χ4v) is 2.80. The molecule has 0 aromatic rings. The van der Waals surface area contributed by atoms with Crippen molar-refractivity contribution in [3.8, 4) is 0 Å². The average molecular weight is 401 g/mol. The number of amides is 3. The van der Waals surface area contributed by atoms with E-state index in [0.717, 1.165) is 6.42 Å². The summed E-state index contributed by atoms with van der Waals surface area (Å²) in [7, 11) is 0. The summed E-state index contributed by atoms with van der Waals surface area (Å²) in [4.78, 5) is 47.8. The summed E-state index contributed by atoms with van der Waals surface area (Å²) >= 11 is 0. The number of carbonyl (C=O) groups excluding carboxylic acids is 3. The first-order valence-corrected chi connectivity index (χ1v) is 9.48. The number of hydrogen-bond acceptors (Lipinski definition) is 7. The molecule has 0 radical (unpaired) electrons. The van der Waals surface area contributed by atoms with E-state index in [1.54, 1.807) is 0 Å². The highest BCUT2D eigenvalue weighted by atomic mass is 16.4. The Bertz CT molecular complexity index is 552. The minimum absolute atomic E-state index is 0.225. The standard InChI is InChI=1S/C17H31N5O6/c1-10(14(24)21-12(17(27)28)5-2-3-7-18)20-16(26)13(9-23)22-15(25)11-6-4-8-19-11/h10-13,19,23H,2-9,18H2,1H3,(H,20,26)(H,21,24)(H,22,25)(H,27,28). The molecule has 1 fully saturated rings. The van der Waals surface area contributed by atoms with Gasteiger partial charge in [0, 0.05) is 0 Å². The summed E-state index contributed by atoms with van der Waals surface area (Å²) in [6, 6.07) is -3.74. The second kappa shape index (κ2) is 12.3. The van der Waals surface area contributed by atoms with Gasteiger partial charge in [0.25, 0.3) is 0 Å². The molecule has 0 spiro atoms. The van der Waals surface area contributed by atoms with E-state index in [9.17, 15) is 29.4 Å². The molecule has 8 N–H and O–H groups in total.